The maximum atomic E-state index is 10.2. The largest absolute Gasteiger partial charge is 0.481 e. The molecular formula is C13H26O2Zn. The van der Waals surface area contributed by atoms with Crippen molar-refractivity contribution < 1.29 is 29.4 Å². The van der Waals surface area contributed by atoms with E-state index in [2.05, 4.69) is 6.92 Å². The molecular weight excluding hydrogens is 254 g/mol. The monoisotopic (exact) mass is 278 g/mol. The zero-order chi connectivity index (χ0) is 11.4. The fourth-order valence-electron chi connectivity index (χ4n) is 1.76. The quantitative estimate of drug-likeness (QED) is 0.450. The van der Waals surface area contributed by atoms with Crippen molar-refractivity contribution in [2.45, 2.75) is 77.6 Å². The summed E-state index contributed by atoms with van der Waals surface area (Å²) in [4.78, 5) is 10.2. The number of carboxylic acids is 1. The molecule has 1 N–H and O–H groups in total. The summed E-state index contributed by atoms with van der Waals surface area (Å²) in [5.74, 6) is -0.658. The second kappa shape index (κ2) is 15.1. The van der Waals surface area contributed by atoms with Crippen LogP contribution in [0.1, 0.15) is 77.6 Å². The number of carboxylic acid groups (broad SMARTS) is 1. The van der Waals surface area contributed by atoms with Crippen LogP contribution in [0.2, 0.25) is 0 Å². The first-order valence-electron chi connectivity index (χ1n) is 6.49. The summed E-state index contributed by atoms with van der Waals surface area (Å²) in [5.41, 5.74) is 0. The third-order valence-corrected chi connectivity index (χ3v) is 2.74. The van der Waals surface area contributed by atoms with Crippen molar-refractivity contribution in [3.63, 3.8) is 0 Å². The van der Waals surface area contributed by atoms with Crippen molar-refractivity contribution in [1.29, 1.82) is 0 Å². The Bertz CT molecular complexity index is 149. The van der Waals surface area contributed by atoms with Gasteiger partial charge in [0.25, 0.3) is 0 Å². The third kappa shape index (κ3) is 16.5. The topological polar surface area (TPSA) is 37.3 Å². The Morgan fingerprint density at radius 2 is 1.19 bits per heavy atom. The van der Waals surface area contributed by atoms with Crippen LogP contribution in [0.4, 0.5) is 0 Å². The zero-order valence-corrected chi connectivity index (χ0v) is 13.8. The summed E-state index contributed by atoms with van der Waals surface area (Å²) >= 11 is 0. The van der Waals surface area contributed by atoms with Crippen LogP contribution < -0.4 is 0 Å². The molecule has 0 aromatic heterocycles. The van der Waals surface area contributed by atoms with Gasteiger partial charge in [-0.05, 0) is 6.42 Å². The number of hydrogen-bond acceptors (Lipinski definition) is 1. The standard InChI is InChI=1S/C13H26O2.Zn/c1-2-3-4-5-6-7-8-9-10-11-12-13(14)15;/h2-12H2,1H3,(H,14,15);. The van der Waals surface area contributed by atoms with E-state index >= 15 is 0 Å². The summed E-state index contributed by atoms with van der Waals surface area (Å²) < 4.78 is 0. The minimum atomic E-state index is -0.658. The van der Waals surface area contributed by atoms with Gasteiger partial charge in [0.1, 0.15) is 0 Å². The molecule has 0 rings (SSSR count). The van der Waals surface area contributed by atoms with Gasteiger partial charge in [0.15, 0.2) is 0 Å². The molecule has 0 saturated carbocycles. The van der Waals surface area contributed by atoms with Gasteiger partial charge < -0.3 is 5.11 Å². The van der Waals surface area contributed by atoms with Gasteiger partial charge in [-0.3, -0.25) is 4.79 Å². The molecule has 3 heteroatoms. The van der Waals surface area contributed by atoms with Crippen molar-refractivity contribution in [3.8, 4) is 0 Å². The first kappa shape index (κ1) is 18.5. The van der Waals surface area contributed by atoms with Crippen LogP contribution in [0.3, 0.4) is 0 Å². The molecule has 0 heterocycles. The van der Waals surface area contributed by atoms with Crippen molar-refractivity contribution in [2.75, 3.05) is 0 Å². The molecule has 0 aliphatic rings. The number of hydrogen-bond donors (Lipinski definition) is 1. The summed E-state index contributed by atoms with van der Waals surface area (Å²) in [7, 11) is 0. The molecule has 0 unspecified atom stereocenters. The Hall–Kier alpha value is 0.0934. The zero-order valence-electron chi connectivity index (χ0n) is 10.8. The predicted molar refractivity (Wildman–Crippen MR) is 64.1 cm³/mol. The van der Waals surface area contributed by atoms with Crippen molar-refractivity contribution in [1.82, 2.24) is 0 Å². The Morgan fingerprint density at radius 3 is 1.56 bits per heavy atom. The Labute approximate surface area is 113 Å². The van der Waals surface area contributed by atoms with Crippen LogP contribution >= 0.6 is 0 Å². The van der Waals surface area contributed by atoms with Crippen LogP contribution in [0, 0.1) is 0 Å². The molecule has 0 aliphatic carbocycles. The van der Waals surface area contributed by atoms with Gasteiger partial charge in [-0.2, -0.15) is 0 Å². The fourth-order valence-corrected chi connectivity index (χ4v) is 1.76. The normalized spacial score (nSPS) is 9.81. The van der Waals surface area contributed by atoms with E-state index in [1.165, 1.54) is 51.4 Å². The smallest absolute Gasteiger partial charge is 0.303 e. The summed E-state index contributed by atoms with van der Waals surface area (Å²) in [5, 5.41) is 8.44. The summed E-state index contributed by atoms with van der Waals surface area (Å²) in [6.07, 6.45) is 12.9. The maximum absolute atomic E-state index is 10.2. The first-order chi connectivity index (χ1) is 7.27. The molecule has 92 valence electrons. The SMILES string of the molecule is CCCCCCCCCCCCC(=O)O.[Zn]. The second-order valence-corrected chi connectivity index (χ2v) is 4.33. The van der Waals surface area contributed by atoms with Gasteiger partial charge in [-0.1, -0.05) is 64.7 Å². The molecule has 0 radical (unpaired) electrons. The first-order valence-corrected chi connectivity index (χ1v) is 6.49. The Morgan fingerprint density at radius 1 is 0.812 bits per heavy atom. The molecule has 0 aromatic rings. The average molecular weight is 280 g/mol. The minimum Gasteiger partial charge on any atom is -0.481 e. The van der Waals surface area contributed by atoms with Gasteiger partial charge in [0.2, 0.25) is 0 Å². The predicted octanol–water partition coefficient (Wildman–Crippen LogP) is 4.38. The molecule has 0 aliphatic heterocycles. The van der Waals surface area contributed by atoms with E-state index < -0.39 is 5.97 Å². The maximum Gasteiger partial charge on any atom is 0.303 e. The van der Waals surface area contributed by atoms with Crippen LogP contribution in [-0.4, -0.2) is 11.1 Å². The van der Waals surface area contributed by atoms with Crippen LogP contribution in [0.15, 0.2) is 0 Å². The van der Waals surface area contributed by atoms with E-state index in [1.54, 1.807) is 0 Å². The van der Waals surface area contributed by atoms with Crippen LogP contribution in [0.5, 0.6) is 0 Å². The van der Waals surface area contributed by atoms with E-state index in [0.29, 0.717) is 6.42 Å². The molecule has 16 heavy (non-hydrogen) atoms. The van der Waals surface area contributed by atoms with Crippen molar-refractivity contribution >= 4 is 5.97 Å². The molecule has 2 nitrogen and oxygen atoms in total. The van der Waals surface area contributed by atoms with E-state index in [9.17, 15) is 4.79 Å². The fraction of sp³-hybridized carbons (Fsp3) is 0.923. The molecule has 0 fully saturated rings. The number of aliphatic carboxylic acids is 1. The van der Waals surface area contributed by atoms with E-state index in [4.69, 9.17) is 5.11 Å². The number of carbonyl (C=O) groups is 1. The summed E-state index contributed by atoms with van der Waals surface area (Å²) in [6, 6.07) is 0. The van der Waals surface area contributed by atoms with E-state index in [-0.39, 0.29) is 19.5 Å². The third-order valence-electron chi connectivity index (χ3n) is 2.74. The molecule has 0 aromatic carbocycles. The van der Waals surface area contributed by atoms with Gasteiger partial charge in [0.05, 0.1) is 0 Å². The van der Waals surface area contributed by atoms with Gasteiger partial charge in [0, 0.05) is 25.9 Å². The van der Waals surface area contributed by atoms with Gasteiger partial charge in [-0.25, -0.2) is 0 Å². The average Bonchev–Trinajstić information content (AvgIpc) is 2.20. The molecule has 0 saturated heterocycles. The molecule has 0 spiro atoms. The van der Waals surface area contributed by atoms with Crippen LogP contribution in [-0.2, 0) is 24.3 Å². The van der Waals surface area contributed by atoms with E-state index in [1.807, 2.05) is 0 Å². The molecule has 0 atom stereocenters. The Balaban J connectivity index is 0. The second-order valence-electron chi connectivity index (χ2n) is 4.33. The van der Waals surface area contributed by atoms with Gasteiger partial charge in [-0.15, -0.1) is 0 Å². The van der Waals surface area contributed by atoms with Crippen LogP contribution in [0.25, 0.3) is 0 Å². The minimum absolute atomic E-state index is 0. The van der Waals surface area contributed by atoms with E-state index in [0.717, 1.165) is 12.8 Å². The summed E-state index contributed by atoms with van der Waals surface area (Å²) in [6.45, 7) is 2.24. The molecule has 0 bridgehead atoms. The van der Waals surface area contributed by atoms with Crippen molar-refractivity contribution in [2.24, 2.45) is 0 Å². The molecule has 0 amide bonds. The Kier molecular flexibility index (Phi) is 17.4. The number of unbranched alkanes of at least 4 members (excludes halogenated alkanes) is 9. The van der Waals surface area contributed by atoms with Gasteiger partial charge >= 0.3 is 5.97 Å². The van der Waals surface area contributed by atoms with Crippen molar-refractivity contribution in [3.05, 3.63) is 0 Å². The number of rotatable bonds is 11.